The van der Waals surface area contributed by atoms with E-state index in [2.05, 4.69) is 0 Å². The molecule has 18 heavy (non-hydrogen) atoms. The van der Waals surface area contributed by atoms with Gasteiger partial charge in [-0.15, -0.1) is 0 Å². The highest BCUT2D eigenvalue weighted by atomic mass is 32.2. The van der Waals surface area contributed by atoms with Crippen LogP contribution in [0, 0.1) is 0 Å². The van der Waals surface area contributed by atoms with E-state index >= 15 is 0 Å². The zero-order valence-electron chi connectivity index (χ0n) is 10.6. The van der Waals surface area contributed by atoms with Gasteiger partial charge in [-0.25, -0.2) is 4.79 Å². The molecular formula is C11H18N2O4S. The van der Waals surface area contributed by atoms with Gasteiger partial charge in [0, 0.05) is 32.2 Å². The first-order valence-electron chi connectivity index (χ1n) is 5.74. The molecule has 1 fully saturated rings. The monoisotopic (exact) mass is 274 g/mol. The van der Waals surface area contributed by atoms with Crippen molar-refractivity contribution in [2.24, 2.45) is 0 Å². The summed E-state index contributed by atoms with van der Waals surface area (Å²) >= 11 is 1.58. The van der Waals surface area contributed by atoms with Crippen molar-refractivity contribution in [2.45, 2.75) is 19.4 Å². The maximum Gasteiger partial charge on any atom is 0.328 e. The van der Waals surface area contributed by atoms with Crippen LogP contribution in [0.5, 0.6) is 0 Å². The number of hydrogen-bond acceptors (Lipinski definition) is 4. The molecule has 0 aromatic rings. The van der Waals surface area contributed by atoms with Crippen LogP contribution in [0.15, 0.2) is 0 Å². The minimum absolute atomic E-state index is 0.0428. The Kier molecular flexibility index (Phi) is 5.46. The fourth-order valence-corrected chi connectivity index (χ4v) is 2.32. The predicted molar refractivity (Wildman–Crippen MR) is 68.4 cm³/mol. The first-order chi connectivity index (χ1) is 8.47. The molecule has 1 atom stereocenters. The van der Waals surface area contributed by atoms with E-state index in [4.69, 9.17) is 5.11 Å². The Morgan fingerprint density at radius 3 is 2.50 bits per heavy atom. The van der Waals surface area contributed by atoms with E-state index in [0.717, 1.165) is 5.75 Å². The molecule has 1 N–H and O–H groups in total. The van der Waals surface area contributed by atoms with Gasteiger partial charge >= 0.3 is 5.97 Å². The van der Waals surface area contributed by atoms with Gasteiger partial charge in [-0.05, 0) is 6.26 Å². The highest BCUT2D eigenvalue weighted by Crippen LogP contribution is 2.12. The molecule has 1 saturated heterocycles. The number of carbonyl (C=O) groups is 3. The molecule has 1 aliphatic heterocycles. The van der Waals surface area contributed by atoms with Crippen LogP contribution in [-0.4, -0.2) is 70.4 Å². The molecular weight excluding hydrogens is 256 g/mol. The summed E-state index contributed by atoms with van der Waals surface area (Å²) in [4.78, 5) is 37.1. The van der Waals surface area contributed by atoms with Crippen LogP contribution >= 0.6 is 11.8 Å². The van der Waals surface area contributed by atoms with Crippen LogP contribution in [0.1, 0.15) is 13.3 Å². The van der Waals surface area contributed by atoms with Gasteiger partial charge in [0.1, 0.15) is 6.04 Å². The molecule has 0 saturated carbocycles. The minimum Gasteiger partial charge on any atom is -0.480 e. The van der Waals surface area contributed by atoms with Crippen molar-refractivity contribution in [3.8, 4) is 0 Å². The summed E-state index contributed by atoms with van der Waals surface area (Å²) in [6, 6.07) is -0.922. The number of hydrogen-bond donors (Lipinski definition) is 1. The fraction of sp³-hybridized carbons (Fsp3) is 0.727. The SMILES string of the molecule is CSCCC(=O)N1CCN(C(C)=O)C(C(=O)O)C1. The molecule has 2 amide bonds. The van der Waals surface area contributed by atoms with Gasteiger partial charge in [0.2, 0.25) is 11.8 Å². The second kappa shape index (κ2) is 6.63. The second-order valence-corrected chi connectivity index (χ2v) is 5.13. The van der Waals surface area contributed by atoms with Gasteiger partial charge in [-0.3, -0.25) is 9.59 Å². The number of piperazine rings is 1. The van der Waals surface area contributed by atoms with Crippen LogP contribution in [0.4, 0.5) is 0 Å². The van der Waals surface area contributed by atoms with Crippen LogP contribution < -0.4 is 0 Å². The lowest BCUT2D eigenvalue weighted by atomic mass is 10.1. The minimum atomic E-state index is -1.06. The normalized spacial score (nSPS) is 19.8. The molecule has 0 aromatic carbocycles. The number of aliphatic carboxylic acids is 1. The van der Waals surface area contributed by atoms with E-state index in [1.54, 1.807) is 11.8 Å². The van der Waals surface area contributed by atoms with Gasteiger partial charge in [-0.1, -0.05) is 0 Å². The number of amides is 2. The Morgan fingerprint density at radius 2 is 2.00 bits per heavy atom. The molecule has 1 heterocycles. The summed E-state index contributed by atoms with van der Waals surface area (Å²) in [7, 11) is 0. The lowest BCUT2D eigenvalue weighted by Crippen LogP contribution is -2.59. The Labute approximate surface area is 110 Å². The lowest BCUT2D eigenvalue weighted by molar-refractivity contribution is -0.155. The highest BCUT2D eigenvalue weighted by molar-refractivity contribution is 7.98. The third-order valence-electron chi connectivity index (χ3n) is 2.94. The van der Waals surface area contributed by atoms with Gasteiger partial charge in [-0.2, -0.15) is 11.8 Å². The van der Waals surface area contributed by atoms with Crippen molar-refractivity contribution in [3.63, 3.8) is 0 Å². The Morgan fingerprint density at radius 1 is 1.33 bits per heavy atom. The molecule has 102 valence electrons. The molecule has 1 rings (SSSR count). The quantitative estimate of drug-likeness (QED) is 0.773. The van der Waals surface area contributed by atoms with Crippen LogP contribution in [0.2, 0.25) is 0 Å². The fourth-order valence-electron chi connectivity index (χ4n) is 1.95. The molecule has 7 heteroatoms. The maximum absolute atomic E-state index is 11.8. The van der Waals surface area contributed by atoms with E-state index in [9.17, 15) is 14.4 Å². The topological polar surface area (TPSA) is 77.9 Å². The third-order valence-corrected chi connectivity index (χ3v) is 3.56. The summed E-state index contributed by atoms with van der Waals surface area (Å²) in [6.07, 6.45) is 2.33. The van der Waals surface area contributed by atoms with Crippen LogP contribution in [0.3, 0.4) is 0 Å². The van der Waals surface area contributed by atoms with Gasteiger partial charge in [0.15, 0.2) is 0 Å². The van der Waals surface area contributed by atoms with Gasteiger partial charge in [0.25, 0.3) is 0 Å². The smallest absolute Gasteiger partial charge is 0.328 e. The lowest BCUT2D eigenvalue weighted by Gasteiger charge is -2.38. The van der Waals surface area contributed by atoms with Crippen molar-refractivity contribution in [1.29, 1.82) is 0 Å². The van der Waals surface area contributed by atoms with Crippen LogP contribution in [-0.2, 0) is 14.4 Å². The van der Waals surface area contributed by atoms with E-state index in [1.807, 2.05) is 6.26 Å². The van der Waals surface area contributed by atoms with Crippen molar-refractivity contribution in [1.82, 2.24) is 9.80 Å². The van der Waals surface area contributed by atoms with Gasteiger partial charge in [0.05, 0.1) is 6.54 Å². The first-order valence-corrected chi connectivity index (χ1v) is 7.13. The molecule has 1 aliphatic rings. The summed E-state index contributed by atoms with van der Waals surface area (Å²) < 4.78 is 0. The predicted octanol–water partition coefficient (Wildman–Crippen LogP) is -0.117. The summed E-state index contributed by atoms with van der Waals surface area (Å²) in [6.45, 7) is 2.14. The van der Waals surface area contributed by atoms with Crippen LogP contribution in [0.25, 0.3) is 0 Å². The van der Waals surface area contributed by atoms with Crippen molar-refractivity contribution < 1.29 is 19.5 Å². The summed E-state index contributed by atoms with van der Waals surface area (Å²) in [5, 5.41) is 9.10. The van der Waals surface area contributed by atoms with E-state index in [1.165, 1.54) is 16.7 Å². The molecule has 0 aromatic heterocycles. The zero-order chi connectivity index (χ0) is 13.7. The molecule has 1 unspecified atom stereocenters. The zero-order valence-corrected chi connectivity index (χ0v) is 11.4. The number of carboxylic acids is 1. The third kappa shape index (κ3) is 3.63. The maximum atomic E-state index is 11.8. The molecule has 0 radical (unpaired) electrons. The number of nitrogens with zero attached hydrogens (tertiary/aromatic N) is 2. The average Bonchev–Trinajstić information content (AvgIpc) is 2.34. The molecule has 0 bridgehead atoms. The van der Waals surface area contributed by atoms with Crippen molar-refractivity contribution >= 4 is 29.5 Å². The second-order valence-electron chi connectivity index (χ2n) is 4.15. The molecule has 0 aliphatic carbocycles. The first kappa shape index (κ1) is 14.8. The Balaban J connectivity index is 2.65. The summed E-state index contributed by atoms with van der Waals surface area (Å²) in [5.74, 6) is -0.645. The largest absolute Gasteiger partial charge is 0.480 e. The Hall–Kier alpha value is -1.24. The number of thioether (sulfide) groups is 1. The van der Waals surface area contributed by atoms with E-state index in [-0.39, 0.29) is 24.9 Å². The number of rotatable bonds is 4. The molecule has 6 nitrogen and oxygen atoms in total. The standard InChI is InChI=1S/C11H18N2O4S/c1-8(14)13-5-4-12(7-9(13)11(16)17)10(15)3-6-18-2/h9H,3-7H2,1-2H3,(H,16,17). The summed E-state index contributed by atoms with van der Waals surface area (Å²) in [5.41, 5.74) is 0. The Bertz CT molecular complexity index is 348. The van der Waals surface area contributed by atoms with Gasteiger partial charge < -0.3 is 14.9 Å². The van der Waals surface area contributed by atoms with E-state index < -0.39 is 12.0 Å². The van der Waals surface area contributed by atoms with Crippen molar-refractivity contribution in [3.05, 3.63) is 0 Å². The van der Waals surface area contributed by atoms with Crippen molar-refractivity contribution in [2.75, 3.05) is 31.6 Å². The van der Waals surface area contributed by atoms with E-state index in [0.29, 0.717) is 13.0 Å². The number of carbonyl (C=O) groups excluding carboxylic acids is 2. The number of carboxylic acid groups (broad SMARTS) is 1. The molecule has 0 spiro atoms. The average molecular weight is 274 g/mol. The highest BCUT2D eigenvalue weighted by Gasteiger charge is 2.35.